The van der Waals surface area contributed by atoms with Crippen LogP contribution in [0.5, 0.6) is 0 Å². The molecule has 1 unspecified atom stereocenters. The van der Waals surface area contributed by atoms with Crippen LogP contribution < -0.4 is 4.72 Å². The summed E-state index contributed by atoms with van der Waals surface area (Å²) in [6.07, 6.45) is -0.291. The lowest BCUT2D eigenvalue weighted by Gasteiger charge is -2.09. The highest BCUT2D eigenvalue weighted by atomic mass is 32.2. The molecule has 2 N–H and O–H groups in total. The van der Waals surface area contributed by atoms with Gasteiger partial charge in [0.2, 0.25) is 22.7 Å². The molecule has 0 bridgehead atoms. The highest BCUT2D eigenvalue weighted by Crippen LogP contribution is 2.17. The summed E-state index contributed by atoms with van der Waals surface area (Å²) < 4.78 is 30.5. The van der Waals surface area contributed by atoms with Gasteiger partial charge in [-0.2, -0.15) is 4.72 Å². The fourth-order valence-electron chi connectivity index (χ4n) is 1.67. The van der Waals surface area contributed by atoms with Crippen LogP contribution in [-0.2, 0) is 19.6 Å². The summed E-state index contributed by atoms with van der Waals surface area (Å²) in [5.74, 6) is -3.15. The standard InChI is InChI=1S/C10H10N2O7S/c1-12-7(13)4-5(9(12)14)11-20(17,18)8-3-2-6(19-8)10(15)16/h2-3,5,11H,4H2,1H3,(H,15,16). The monoisotopic (exact) mass is 302 g/mol. The molecule has 1 fully saturated rings. The van der Waals surface area contributed by atoms with E-state index in [1.54, 1.807) is 0 Å². The van der Waals surface area contributed by atoms with Crippen LogP contribution in [0, 0.1) is 0 Å². The van der Waals surface area contributed by atoms with Gasteiger partial charge in [-0.15, -0.1) is 0 Å². The Morgan fingerprint density at radius 2 is 2.10 bits per heavy atom. The average molecular weight is 302 g/mol. The molecule has 0 spiro atoms. The molecule has 20 heavy (non-hydrogen) atoms. The predicted molar refractivity (Wildman–Crippen MR) is 62.2 cm³/mol. The van der Waals surface area contributed by atoms with E-state index < -0.39 is 44.7 Å². The average Bonchev–Trinajstić information content (AvgIpc) is 2.93. The first-order valence-corrected chi connectivity index (χ1v) is 6.86. The Labute approximate surface area is 113 Å². The van der Waals surface area contributed by atoms with E-state index in [4.69, 9.17) is 5.11 Å². The number of carbonyl (C=O) groups excluding carboxylic acids is 2. The highest BCUT2D eigenvalue weighted by molar-refractivity contribution is 7.89. The summed E-state index contributed by atoms with van der Waals surface area (Å²) in [7, 11) is -2.97. The van der Waals surface area contributed by atoms with E-state index in [1.165, 1.54) is 7.05 Å². The number of aromatic carboxylic acids is 1. The van der Waals surface area contributed by atoms with Gasteiger partial charge in [0.05, 0.1) is 6.42 Å². The topological polar surface area (TPSA) is 134 Å². The summed E-state index contributed by atoms with van der Waals surface area (Å²) in [5, 5.41) is 8.01. The highest BCUT2D eigenvalue weighted by Gasteiger charge is 2.39. The molecule has 1 aromatic heterocycles. The van der Waals surface area contributed by atoms with Crippen LogP contribution in [0.25, 0.3) is 0 Å². The van der Waals surface area contributed by atoms with E-state index in [0.717, 1.165) is 17.0 Å². The van der Waals surface area contributed by atoms with Crippen molar-refractivity contribution >= 4 is 27.8 Å². The van der Waals surface area contributed by atoms with Gasteiger partial charge in [0.15, 0.2) is 0 Å². The van der Waals surface area contributed by atoms with Crippen LogP contribution in [0.3, 0.4) is 0 Å². The molecule has 2 heterocycles. The minimum Gasteiger partial charge on any atom is -0.475 e. The van der Waals surface area contributed by atoms with E-state index in [2.05, 4.69) is 4.42 Å². The lowest BCUT2D eigenvalue weighted by atomic mass is 10.3. The summed E-state index contributed by atoms with van der Waals surface area (Å²) >= 11 is 0. The molecular formula is C10H10N2O7S. The molecule has 1 atom stereocenters. The van der Waals surface area contributed by atoms with Crippen molar-refractivity contribution < 1.29 is 32.3 Å². The smallest absolute Gasteiger partial charge is 0.371 e. The van der Waals surface area contributed by atoms with Gasteiger partial charge in [0, 0.05) is 7.05 Å². The Balaban J connectivity index is 2.21. The number of rotatable bonds is 4. The number of nitrogens with zero attached hydrogens (tertiary/aromatic N) is 1. The third-order valence-corrected chi connectivity index (χ3v) is 4.08. The Morgan fingerprint density at radius 1 is 1.45 bits per heavy atom. The van der Waals surface area contributed by atoms with Crippen molar-refractivity contribution in [1.29, 1.82) is 0 Å². The second kappa shape index (κ2) is 4.72. The third-order valence-electron chi connectivity index (χ3n) is 2.74. The number of amides is 2. The largest absolute Gasteiger partial charge is 0.475 e. The molecular weight excluding hydrogens is 292 g/mol. The quantitative estimate of drug-likeness (QED) is 0.682. The molecule has 9 nitrogen and oxygen atoms in total. The van der Waals surface area contributed by atoms with Gasteiger partial charge < -0.3 is 9.52 Å². The van der Waals surface area contributed by atoms with Crippen LogP contribution in [0.15, 0.2) is 21.6 Å². The molecule has 1 saturated heterocycles. The zero-order chi connectivity index (χ0) is 15.1. The van der Waals surface area contributed by atoms with Crippen molar-refractivity contribution in [2.24, 2.45) is 0 Å². The maximum atomic E-state index is 11.9. The Hall–Kier alpha value is -2.20. The van der Waals surface area contributed by atoms with Gasteiger partial charge >= 0.3 is 5.97 Å². The van der Waals surface area contributed by atoms with Crippen molar-refractivity contribution in [3.8, 4) is 0 Å². The summed E-state index contributed by atoms with van der Waals surface area (Å²) in [6.45, 7) is 0. The van der Waals surface area contributed by atoms with E-state index >= 15 is 0 Å². The lowest BCUT2D eigenvalue weighted by Crippen LogP contribution is -2.40. The molecule has 1 aliphatic heterocycles. The Kier molecular flexibility index (Phi) is 3.36. The van der Waals surface area contributed by atoms with Gasteiger partial charge in [0.25, 0.3) is 10.0 Å². The molecule has 1 aromatic rings. The second-order valence-corrected chi connectivity index (χ2v) is 5.74. The maximum absolute atomic E-state index is 11.9. The number of carboxylic acids is 1. The number of likely N-dealkylation sites (N-methyl/N-ethyl adjacent to an activating group) is 1. The number of carboxylic acid groups (broad SMARTS) is 1. The van der Waals surface area contributed by atoms with Crippen molar-refractivity contribution in [3.63, 3.8) is 0 Å². The maximum Gasteiger partial charge on any atom is 0.371 e. The predicted octanol–water partition coefficient (Wildman–Crippen LogP) is -0.987. The number of sulfonamides is 1. The molecule has 108 valence electrons. The van der Waals surface area contributed by atoms with Gasteiger partial charge in [-0.25, -0.2) is 13.2 Å². The molecule has 0 saturated carbocycles. The van der Waals surface area contributed by atoms with E-state index in [9.17, 15) is 22.8 Å². The number of likely N-dealkylation sites (tertiary alicyclic amines) is 1. The number of carbonyl (C=O) groups is 3. The summed E-state index contributed by atoms with van der Waals surface area (Å²) in [4.78, 5) is 34.3. The minimum atomic E-state index is -4.22. The molecule has 0 radical (unpaired) electrons. The first kappa shape index (κ1) is 14.2. The van der Waals surface area contributed by atoms with Crippen LogP contribution in [0.4, 0.5) is 0 Å². The van der Waals surface area contributed by atoms with Crippen LogP contribution in [0.1, 0.15) is 17.0 Å². The van der Waals surface area contributed by atoms with Crippen LogP contribution >= 0.6 is 0 Å². The summed E-state index contributed by atoms with van der Waals surface area (Å²) in [5.41, 5.74) is 0. The molecule has 10 heteroatoms. The minimum absolute atomic E-state index is 0.291. The van der Waals surface area contributed by atoms with Gasteiger partial charge in [0.1, 0.15) is 6.04 Å². The van der Waals surface area contributed by atoms with E-state index in [-0.39, 0.29) is 6.42 Å². The SMILES string of the molecule is CN1C(=O)CC(NS(=O)(=O)c2ccc(C(=O)O)o2)C1=O. The lowest BCUT2D eigenvalue weighted by molar-refractivity contribution is -0.137. The van der Waals surface area contributed by atoms with Gasteiger partial charge in [-0.05, 0) is 12.1 Å². The number of imide groups is 1. The zero-order valence-electron chi connectivity index (χ0n) is 10.2. The number of furan rings is 1. The van der Waals surface area contributed by atoms with Gasteiger partial charge in [-0.1, -0.05) is 0 Å². The van der Waals surface area contributed by atoms with Crippen molar-refractivity contribution in [2.75, 3.05) is 7.05 Å². The number of nitrogens with one attached hydrogen (secondary N) is 1. The fraction of sp³-hybridized carbons (Fsp3) is 0.300. The first-order valence-electron chi connectivity index (χ1n) is 5.38. The fourth-order valence-corrected chi connectivity index (χ4v) is 2.79. The molecule has 2 rings (SSSR count). The van der Waals surface area contributed by atoms with Gasteiger partial charge in [-0.3, -0.25) is 14.5 Å². The molecule has 2 amide bonds. The Morgan fingerprint density at radius 3 is 2.55 bits per heavy atom. The molecule has 0 aliphatic carbocycles. The zero-order valence-corrected chi connectivity index (χ0v) is 11.0. The first-order chi connectivity index (χ1) is 9.22. The normalized spacial score (nSPS) is 19.6. The summed E-state index contributed by atoms with van der Waals surface area (Å²) in [6, 6.07) is 0.720. The number of hydrogen-bond acceptors (Lipinski definition) is 6. The molecule has 0 aromatic carbocycles. The Bertz CT molecular complexity index is 690. The van der Waals surface area contributed by atoms with Crippen LogP contribution in [0.2, 0.25) is 0 Å². The van der Waals surface area contributed by atoms with Crippen LogP contribution in [-0.4, -0.2) is 49.3 Å². The van der Waals surface area contributed by atoms with E-state index in [1.807, 2.05) is 4.72 Å². The number of hydrogen-bond donors (Lipinski definition) is 2. The van der Waals surface area contributed by atoms with E-state index in [0.29, 0.717) is 0 Å². The molecule has 1 aliphatic rings. The van der Waals surface area contributed by atoms with Crippen molar-refractivity contribution in [3.05, 3.63) is 17.9 Å². The van der Waals surface area contributed by atoms with Crippen molar-refractivity contribution in [1.82, 2.24) is 9.62 Å². The second-order valence-electron chi connectivity index (χ2n) is 4.09. The van der Waals surface area contributed by atoms with Crippen molar-refractivity contribution in [2.45, 2.75) is 17.6 Å². The third kappa shape index (κ3) is 2.42.